The third kappa shape index (κ3) is 3.68. The minimum absolute atomic E-state index is 0.0947. The Labute approximate surface area is 133 Å². The molecular formula is C16H18N2O5. The molecule has 7 nitrogen and oxygen atoms in total. The van der Waals surface area contributed by atoms with Crippen molar-refractivity contribution in [3.05, 3.63) is 47.0 Å². The van der Waals surface area contributed by atoms with Crippen LogP contribution in [0.15, 0.2) is 28.8 Å². The second-order valence-electron chi connectivity index (χ2n) is 4.94. The molecule has 122 valence electrons. The maximum absolute atomic E-state index is 12.5. The molecule has 0 spiro atoms. The molecule has 0 radical (unpaired) electrons. The molecule has 0 fully saturated rings. The molecule has 0 saturated heterocycles. The topological polar surface area (TPSA) is 92.9 Å². The van der Waals surface area contributed by atoms with E-state index in [4.69, 9.17) is 14.3 Å². The van der Waals surface area contributed by atoms with Gasteiger partial charge in [-0.2, -0.15) is 0 Å². The van der Waals surface area contributed by atoms with Crippen molar-refractivity contribution in [3.8, 4) is 5.88 Å². The van der Waals surface area contributed by atoms with Gasteiger partial charge < -0.3 is 19.2 Å². The van der Waals surface area contributed by atoms with Crippen molar-refractivity contribution in [1.82, 2.24) is 9.88 Å². The number of rotatable bonds is 6. The van der Waals surface area contributed by atoms with Crippen LogP contribution in [0.5, 0.6) is 5.88 Å². The van der Waals surface area contributed by atoms with Crippen LogP contribution in [0.4, 0.5) is 0 Å². The van der Waals surface area contributed by atoms with Gasteiger partial charge in [0.15, 0.2) is 0 Å². The standard InChI is InChI=1S/C16H18N2O5/c1-4-22-14-12(6-5-7-17-14)15(19)18(3)9-11-8-13(16(20)21)10(2)23-11/h5-8H,4,9H2,1-3H3,(H,20,21). The second-order valence-corrected chi connectivity index (χ2v) is 4.94. The number of carbonyl (C=O) groups excluding carboxylic acids is 1. The van der Waals surface area contributed by atoms with Crippen LogP contribution in [0, 0.1) is 6.92 Å². The fraction of sp³-hybridized carbons (Fsp3) is 0.312. The highest BCUT2D eigenvalue weighted by Crippen LogP contribution is 2.20. The van der Waals surface area contributed by atoms with Crippen LogP contribution < -0.4 is 4.74 Å². The van der Waals surface area contributed by atoms with Crippen LogP contribution >= 0.6 is 0 Å². The van der Waals surface area contributed by atoms with E-state index in [0.717, 1.165) is 0 Å². The van der Waals surface area contributed by atoms with E-state index in [1.54, 1.807) is 32.3 Å². The zero-order valence-electron chi connectivity index (χ0n) is 13.2. The van der Waals surface area contributed by atoms with Gasteiger partial charge in [0.25, 0.3) is 5.91 Å². The number of ether oxygens (including phenoxy) is 1. The predicted molar refractivity (Wildman–Crippen MR) is 81.6 cm³/mol. The number of aryl methyl sites for hydroxylation is 1. The van der Waals surface area contributed by atoms with E-state index >= 15 is 0 Å². The van der Waals surface area contributed by atoms with E-state index in [9.17, 15) is 9.59 Å². The van der Waals surface area contributed by atoms with E-state index in [1.165, 1.54) is 11.0 Å². The molecule has 2 aromatic heterocycles. The van der Waals surface area contributed by atoms with Crippen LogP contribution in [0.25, 0.3) is 0 Å². The zero-order chi connectivity index (χ0) is 17.0. The van der Waals surface area contributed by atoms with Crippen LogP contribution in [0.1, 0.15) is 39.2 Å². The lowest BCUT2D eigenvalue weighted by atomic mass is 10.2. The Morgan fingerprint density at radius 1 is 1.39 bits per heavy atom. The van der Waals surface area contributed by atoms with Crippen molar-refractivity contribution in [2.75, 3.05) is 13.7 Å². The van der Waals surface area contributed by atoms with Gasteiger partial charge in [0, 0.05) is 13.2 Å². The minimum atomic E-state index is -1.06. The van der Waals surface area contributed by atoms with E-state index < -0.39 is 5.97 Å². The molecule has 0 unspecified atom stereocenters. The SMILES string of the molecule is CCOc1ncccc1C(=O)N(C)Cc1cc(C(=O)O)c(C)o1. The molecule has 0 aliphatic carbocycles. The molecule has 0 aromatic carbocycles. The van der Waals surface area contributed by atoms with E-state index in [0.29, 0.717) is 23.7 Å². The van der Waals surface area contributed by atoms with Crippen LogP contribution in [-0.4, -0.2) is 40.5 Å². The molecule has 7 heteroatoms. The fourth-order valence-corrected chi connectivity index (χ4v) is 2.15. The first-order valence-electron chi connectivity index (χ1n) is 7.10. The summed E-state index contributed by atoms with van der Waals surface area (Å²) < 4.78 is 10.7. The van der Waals surface area contributed by atoms with Crippen molar-refractivity contribution in [3.63, 3.8) is 0 Å². The summed E-state index contributed by atoms with van der Waals surface area (Å²) in [5, 5.41) is 9.03. The Morgan fingerprint density at radius 2 is 2.13 bits per heavy atom. The van der Waals surface area contributed by atoms with Crippen molar-refractivity contribution in [1.29, 1.82) is 0 Å². The van der Waals surface area contributed by atoms with Gasteiger partial charge in [-0.05, 0) is 32.0 Å². The maximum atomic E-state index is 12.5. The summed E-state index contributed by atoms with van der Waals surface area (Å²) in [4.78, 5) is 29.0. The van der Waals surface area contributed by atoms with Crippen molar-refractivity contribution in [2.24, 2.45) is 0 Å². The van der Waals surface area contributed by atoms with Gasteiger partial charge in [-0.3, -0.25) is 4.79 Å². The number of nitrogens with zero attached hydrogens (tertiary/aromatic N) is 2. The first kappa shape index (κ1) is 16.5. The van der Waals surface area contributed by atoms with Crippen LogP contribution in [0.2, 0.25) is 0 Å². The summed E-state index contributed by atoms with van der Waals surface area (Å²) >= 11 is 0. The average molecular weight is 318 g/mol. The van der Waals surface area contributed by atoms with Gasteiger partial charge in [0.1, 0.15) is 22.6 Å². The first-order chi connectivity index (χ1) is 10.9. The zero-order valence-corrected chi connectivity index (χ0v) is 13.2. The van der Waals surface area contributed by atoms with Gasteiger partial charge in [-0.25, -0.2) is 9.78 Å². The second kappa shape index (κ2) is 6.95. The van der Waals surface area contributed by atoms with Gasteiger partial charge in [-0.1, -0.05) is 0 Å². The van der Waals surface area contributed by atoms with Crippen molar-refractivity contribution < 1.29 is 23.8 Å². The molecule has 2 aromatic rings. The highest BCUT2D eigenvalue weighted by atomic mass is 16.5. The molecule has 0 bridgehead atoms. The van der Waals surface area contributed by atoms with Crippen molar-refractivity contribution in [2.45, 2.75) is 20.4 Å². The monoisotopic (exact) mass is 318 g/mol. The molecule has 23 heavy (non-hydrogen) atoms. The number of carboxylic acids is 1. The average Bonchev–Trinajstić information content (AvgIpc) is 2.88. The van der Waals surface area contributed by atoms with Crippen molar-refractivity contribution >= 4 is 11.9 Å². The number of amides is 1. The summed E-state index contributed by atoms with van der Waals surface area (Å²) in [7, 11) is 1.60. The summed E-state index contributed by atoms with van der Waals surface area (Å²) in [6.07, 6.45) is 1.55. The van der Waals surface area contributed by atoms with E-state index in [2.05, 4.69) is 4.98 Å². The molecule has 2 rings (SSSR count). The van der Waals surface area contributed by atoms with Gasteiger partial charge in [0.05, 0.1) is 13.2 Å². The Hall–Kier alpha value is -2.83. The Bertz CT molecular complexity index is 723. The lowest BCUT2D eigenvalue weighted by Crippen LogP contribution is -2.26. The maximum Gasteiger partial charge on any atom is 0.339 e. The highest BCUT2D eigenvalue weighted by Gasteiger charge is 2.20. The number of hydrogen-bond acceptors (Lipinski definition) is 5. The Balaban J connectivity index is 2.17. The molecule has 2 heterocycles. The van der Waals surface area contributed by atoms with Gasteiger partial charge in [0.2, 0.25) is 5.88 Å². The Morgan fingerprint density at radius 3 is 2.74 bits per heavy atom. The summed E-state index contributed by atoms with van der Waals surface area (Å²) in [6.45, 7) is 3.93. The third-order valence-electron chi connectivity index (χ3n) is 3.22. The molecule has 0 aliphatic heterocycles. The van der Waals surface area contributed by atoms with Gasteiger partial charge >= 0.3 is 5.97 Å². The van der Waals surface area contributed by atoms with Gasteiger partial charge in [-0.15, -0.1) is 0 Å². The summed E-state index contributed by atoms with van der Waals surface area (Å²) in [5.74, 6) is -0.360. The fourth-order valence-electron chi connectivity index (χ4n) is 2.15. The quantitative estimate of drug-likeness (QED) is 0.879. The molecule has 0 aliphatic rings. The smallest absolute Gasteiger partial charge is 0.339 e. The lowest BCUT2D eigenvalue weighted by molar-refractivity contribution is 0.0694. The van der Waals surface area contributed by atoms with E-state index in [1.807, 2.05) is 6.92 Å². The first-order valence-corrected chi connectivity index (χ1v) is 7.10. The predicted octanol–water partition coefficient (Wildman–Crippen LogP) is 2.35. The molecular weight excluding hydrogens is 300 g/mol. The third-order valence-corrected chi connectivity index (χ3v) is 3.22. The number of aromatic nitrogens is 1. The highest BCUT2D eigenvalue weighted by molar-refractivity contribution is 5.96. The molecule has 1 amide bonds. The minimum Gasteiger partial charge on any atom is -0.478 e. The number of carbonyl (C=O) groups is 2. The lowest BCUT2D eigenvalue weighted by Gasteiger charge is -2.17. The number of carboxylic acid groups (broad SMARTS) is 1. The van der Waals surface area contributed by atoms with Crippen LogP contribution in [-0.2, 0) is 6.54 Å². The normalized spacial score (nSPS) is 10.4. The number of aromatic carboxylic acids is 1. The molecule has 0 saturated carbocycles. The molecule has 0 atom stereocenters. The number of hydrogen-bond donors (Lipinski definition) is 1. The van der Waals surface area contributed by atoms with E-state index in [-0.39, 0.29) is 23.9 Å². The Kier molecular flexibility index (Phi) is 5.00. The molecule has 1 N–H and O–H groups in total. The number of furan rings is 1. The largest absolute Gasteiger partial charge is 0.478 e. The number of pyridine rings is 1. The van der Waals surface area contributed by atoms with Crippen LogP contribution in [0.3, 0.4) is 0 Å². The summed E-state index contributed by atoms with van der Waals surface area (Å²) in [5.41, 5.74) is 0.441. The summed E-state index contributed by atoms with van der Waals surface area (Å²) in [6, 6.07) is 4.71.